The average molecular weight is 289 g/mol. The van der Waals surface area contributed by atoms with Gasteiger partial charge >= 0.3 is 0 Å². The van der Waals surface area contributed by atoms with Crippen molar-refractivity contribution in [2.45, 2.75) is 13.0 Å². The van der Waals surface area contributed by atoms with Crippen molar-refractivity contribution in [3.05, 3.63) is 30.1 Å². The highest BCUT2D eigenvalue weighted by molar-refractivity contribution is 5.77. The molecule has 1 heterocycles. The lowest BCUT2D eigenvalue weighted by molar-refractivity contribution is -0.117. The molecule has 0 fully saturated rings. The number of amides is 1. The van der Waals surface area contributed by atoms with Crippen LogP contribution in [0.5, 0.6) is 0 Å². The lowest BCUT2D eigenvalue weighted by Crippen LogP contribution is -2.15. The summed E-state index contributed by atoms with van der Waals surface area (Å²) < 4.78 is 1.60. The SMILES string of the molecule is CN(C)c1ccccc1-c1nc(CC(N)=O)nn1CCO. The van der Waals surface area contributed by atoms with Crippen LogP contribution in [-0.2, 0) is 17.8 Å². The Morgan fingerprint density at radius 1 is 1.38 bits per heavy atom. The van der Waals surface area contributed by atoms with Crippen LogP contribution in [-0.4, -0.2) is 46.5 Å². The summed E-state index contributed by atoms with van der Waals surface area (Å²) in [6.45, 7) is 0.249. The zero-order valence-corrected chi connectivity index (χ0v) is 12.2. The molecule has 0 bridgehead atoms. The number of aliphatic hydroxyl groups is 1. The summed E-state index contributed by atoms with van der Waals surface area (Å²) >= 11 is 0. The van der Waals surface area contributed by atoms with Gasteiger partial charge in [0.05, 0.1) is 19.6 Å². The lowest BCUT2D eigenvalue weighted by atomic mass is 10.1. The largest absolute Gasteiger partial charge is 0.394 e. The van der Waals surface area contributed by atoms with Gasteiger partial charge in [0, 0.05) is 25.3 Å². The fourth-order valence-corrected chi connectivity index (χ4v) is 2.12. The summed E-state index contributed by atoms with van der Waals surface area (Å²) in [6.07, 6.45) is -0.0183. The van der Waals surface area contributed by atoms with E-state index in [-0.39, 0.29) is 13.0 Å². The van der Waals surface area contributed by atoms with Crippen LogP contribution in [0.4, 0.5) is 5.69 Å². The monoisotopic (exact) mass is 289 g/mol. The van der Waals surface area contributed by atoms with Gasteiger partial charge in [-0.3, -0.25) is 4.79 Å². The summed E-state index contributed by atoms with van der Waals surface area (Å²) in [7, 11) is 3.88. The van der Waals surface area contributed by atoms with E-state index in [0.29, 0.717) is 18.2 Å². The van der Waals surface area contributed by atoms with Crippen LogP contribution in [0.1, 0.15) is 5.82 Å². The Morgan fingerprint density at radius 3 is 2.71 bits per heavy atom. The summed E-state index contributed by atoms with van der Waals surface area (Å²) in [5, 5.41) is 13.4. The molecule has 1 aromatic carbocycles. The minimum absolute atomic E-state index is 0.0183. The highest BCUT2D eigenvalue weighted by Gasteiger charge is 2.16. The third-order valence-electron chi connectivity index (χ3n) is 2.99. The first-order valence-corrected chi connectivity index (χ1v) is 6.62. The van der Waals surface area contributed by atoms with Crippen molar-refractivity contribution < 1.29 is 9.90 Å². The van der Waals surface area contributed by atoms with Crippen molar-refractivity contribution in [2.24, 2.45) is 5.73 Å². The molecule has 0 aliphatic heterocycles. The zero-order chi connectivity index (χ0) is 15.4. The quantitative estimate of drug-likeness (QED) is 0.782. The van der Waals surface area contributed by atoms with Crippen LogP contribution in [0.3, 0.4) is 0 Å². The Bertz CT molecular complexity index is 636. The van der Waals surface area contributed by atoms with Crippen LogP contribution >= 0.6 is 0 Å². The van der Waals surface area contributed by atoms with E-state index in [1.54, 1.807) is 4.68 Å². The van der Waals surface area contributed by atoms with Gasteiger partial charge in [0.1, 0.15) is 0 Å². The van der Waals surface area contributed by atoms with Gasteiger partial charge in [-0.25, -0.2) is 9.67 Å². The smallest absolute Gasteiger partial charge is 0.225 e. The van der Waals surface area contributed by atoms with Crippen LogP contribution in [0.2, 0.25) is 0 Å². The van der Waals surface area contributed by atoms with E-state index >= 15 is 0 Å². The lowest BCUT2D eigenvalue weighted by Gasteiger charge is -2.17. The molecule has 0 unspecified atom stereocenters. The molecule has 0 aliphatic rings. The number of carbonyl (C=O) groups excluding carboxylic acids is 1. The third kappa shape index (κ3) is 3.38. The molecule has 7 nitrogen and oxygen atoms in total. The second-order valence-electron chi connectivity index (χ2n) is 4.85. The van der Waals surface area contributed by atoms with Crippen molar-refractivity contribution in [3.8, 4) is 11.4 Å². The number of carbonyl (C=O) groups is 1. The van der Waals surface area contributed by atoms with Gasteiger partial charge in [0.25, 0.3) is 0 Å². The molecule has 0 radical (unpaired) electrons. The molecule has 1 amide bonds. The molecule has 2 rings (SSSR count). The maximum Gasteiger partial charge on any atom is 0.225 e. The number of aromatic nitrogens is 3. The van der Waals surface area contributed by atoms with Gasteiger partial charge in [-0.15, -0.1) is 0 Å². The topological polar surface area (TPSA) is 97.3 Å². The summed E-state index contributed by atoms with van der Waals surface area (Å²) in [4.78, 5) is 17.4. The third-order valence-corrected chi connectivity index (χ3v) is 2.99. The predicted octanol–water partition coefficient (Wildman–Crippen LogP) is 0.0312. The minimum Gasteiger partial charge on any atom is -0.394 e. The Balaban J connectivity index is 2.51. The zero-order valence-electron chi connectivity index (χ0n) is 12.2. The molecule has 1 aromatic heterocycles. The molecule has 3 N–H and O–H groups in total. The molecule has 7 heteroatoms. The highest BCUT2D eigenvalue weighted by atomic mass is 16.3. The van der Waals surface area contributed by atoms with Gasteiger partial charge < -0.3 is 15.7 Å². The van der Waals surface area contributed by atoms with E-state index in [2.05, 4.69) is 10.1 Å². The number of anilines is 1. The van der Waals surface area contributed by atoms with E-state index in [1.165, 1.54) is 0 Å². The summed E-state index contributed by atoms with van der Waals surface area (Å²) in [5.74, 6) is 0.493. The van der Waals surface area contributed by atoms with Gasteiger partial charge in [0.2, 0.25) is 5.91 Å². The van der Waals surface area contributed by atoms with Crippen LogP contribution < -0.4 is 10.6 Å². The first-order valence-electron chi connectivity index (χ1n) is 6.62. The Morgan fingerprint density at radius 2 is 2.10 bits per heavy atom. The number of hydrogen-bond donors (Lipinski definition) is 2. The summed E-state index contributed by atoms with van der Waals surface area (Å²) in [5.41, 5.74) is 7.06. The van der Waals surface area contributed by atoms with E-state index in [9.17, 15) is 9.90 Å². The molecule has 2 aromatic rings. The number of nitrogens with zero attached hydrogens (tertiary/aromatic N) is 4. The normalized spacial score (nSPS) is 10.6. The van der Waals surface area contributed by atoms with Gasteiger partial charge in [-0.1, -0.05) is 12.1 Å². The predicted molar refractivity (Wildman–Crippen MR) is 79.8 cm³/mol. The molecule has 112 valence electrons. The van der Waals surface area contributed by atoms with Crippen LogP contribution in [0, 0.1) is 0 Å². The fraction of sp³-hybridized carbons (Fsp3) is 0.357. The second kappa shape index (κ2) is 6.36. The molecule has 0 saturated carbocycles. The van der Waals surface area contributed by atoms with Gasteiger partial charge in [-0.05, 0) is 12.1 Å². The Labute approximate surface area is 123 Å². The van der Waals surface area contributed by atoms with E-state index in [0.717, 1.165) is 11.3 Å². The van der Waals surface area contributed by atoms with E-state index < -0.39 is 5.91 Å². The number of nitrogens with two attached hydrogens (primary N) is 1. The van der Waals surface area contributed by atoms with E-state index in [1.807, 2.05) is 43.3 Å². The van der Waals surface area contributed by atoms with Crippen molar-refractivity contribution in [3.63, 3.8) is 0 Å². The number of para-hydroxylation sites is 1. The molecule has 0 aliphatic carbocycles. The van der Waals surface area contributed by atoms with Gasteiger partial charge in [0.15, 0.2) is 11.6 Å². The maximum absolute atomic E-state index is 11.0. The standard InChI is InChI=1S/C14H19N5O2/c1-18(2)11-6-4-3-5-10(11)14-16-13(9-12(15)21)17-19(14)7-8-20/h3-6,20H,7-9H2,1-2H3,(H2,15,21). The molecular formula is C14H19N5O2. The molecule has 0 spiro atoms. The fourth-order valence-electron chi connectivity index (χ4n) is 2.12. The minimum atomic E-state index is -0.483. The summed E-state index contributed by atoms with van der Waals surface area (Å²) in [6, 6.07) is 7.76. The number of rotatable bonds is 6. The first kappa shape index (κ1) is 15.0. The maximum atomic E-state index is 11.0. The average Bonchev–Trinajstić information content (AvgIpc) is 2.81. The molecule has 0 atom stereocenters. The van der Waals surface area contributed by atoms with Crippen molar-refractivity contribution in [1.29, 1.82) is 0 Å². The van der Waals surface area contributed by atoms with Crippen molar-refractivity contribution in [1.82, 2.24) is 14.8 Å². The Hall–Kier alpha value is -2.41. The molecular weight excluding hydrogens is 270 g/mol. The van der Waals surface area contributed by atoms with Crippen molar-refractivity contribution >= 4 is 11.6 Å². The number of primary amides is 1. The Kier molecular flexibility index (Phi) is 4.54. The first-order chi connectivity index (χ1) is 10.0. The van der Waals surface area contributed by atoms with Gasteiger partial charge in [-0.2, -0.15) is 5.10 Å². The second-order valence-corrected chi connectivity index (χ2v) is 4.85. The number of hydrogen-bond acceptors (Lipinski definition) is 5. The molecule has 21 heavy (non-hydrogen) atoms. The van der Waals surface area contributed by atoms with Crippen LogP contribution in [0.25, 0.3) is 11.4 Å². The van der Waals surface area contributed by atoms with E-state index in [4.69, 9.17) is 5.73 Å². The van der Waals surface area contributed by atoms with Crippen molar-refractivity contribution in [2.75, 3.05) is 25.6 Å². The number of benzene rings is 1. The highest BCUT2D eigenvalue weighted by Crippen LogP contribution is 2.28. The molecule has 0 saturated heterocycles. The van der Waals surface area contributed by atoms with Crippen LogP contribution in [0.15, 0.2) is 24.3 Å². The number of aliphatic hydroxyl groups excluding tert-OH is 1.